The van der Waals surface area contributed by atoms with Crippen LogP contribution in [0.3, 0.4) is 0 Å². The Hall–Kier alpha value is -1.24. The maximum atomic E-state index is 13.0. The van der Waals surface area contributed by atoms with E-state index in [-0.39, 0.29) is 24.0 Å². The quantitative estimate of drug-likeness (QED) is 0.869. The van der Waals surface area contributed by atoms with E-state index in [4.69, 9.17) is 0 Å². The van der Waals surface area contributed by atoms with Gasteiger partial charge in [-0.1, -0.05) is 0 Å². The monoisotopic (exact) mass is 333 g/mol. The molecule has 1 amide bonds. The Morgan fingerprint density at radius 2 is 2.00 bits per heavy atom. The minimum atomic E-state index is -0.696. The number of likely N-dealkylation sites (N-methyl/N-ethyl adjacent to an activating group) is 1. The molecule has 1 unspecified atom stereocenters. The lowest BCUT2D eigenvalue weighted by Gasteiger charge is -2.32. The number of halogens is 3. The lowest BCUT2D eigenvalue weighted by molar-refractivity contribution is -0.116. The highest BCUT2D eigenvalue weighted by atomic mass is 35.5. The van der Waals surface area contributed by atoms with Gasteiger partial charge in [-0.3, -0.25) is 4.79 Å². The third-order valence-corrected chi connectivity index (χ3v) is 3.72. The van der Waals surface area contributed by atoms with E-state index in [1.165, 1.54) is 0 Å². The van der Waals surface area contributed by atoms with Gasteiger partial charge in [-0.05, 0) is 38.6 Å². The van der Waals surface area contributed by atoms with Crippen LogP contribution in [0.25, 0.3) is 0 Å². The molecule has 0 aromatic heterocycles. The van der Waals surface area contributed by atoms with Crippen LogP contribution in [0.2, 0.25) is 0 Å². The molecule has 2 rings (SSSR count). The highest BCUT2D eigenvalue weighted by Gasteiger charge is 2.18. The zero-order chi connectivity index (χ0) is 15.2. The van der Waals surface area contributed by atoms with Crippen LogP contribution in [0.4, 0.5) is 14.5 Å². The largest absolute Gasteiger partial charge is 0.326 e. The van der Waals surface area contributed by atoms with Crippen molar-refractivity contribution < 1.29 is 13.6 Å². The summed E-state index contributed by atoms with van der Waals surface area (Å²) in [6.45, 7) is 2.57. The number of rotatable bonds is 5. The number of nitrogens with one attached hydrogen (secondary N) is 2. The van der Waals surface area contributed by atoms with E-state index in [0.29, 0.717) is 19.0 Å². The number of carbonyl (C=O) groups is 1. The molecule has 1 heterocycles. The summed E-state index contributed by atoms with van der Waals surface area (Å²) in [5.74, 6) is -1.62. The molecule has 7 heteroatoms. The zero-order valence-electron chi connectivity index (χ0n) is 12.6. The fourth-order valence-electron chi connectivity index (χ4n) is 2.60. The Labute approximate surface area is 135 Å². The van der Waals surface area contributed by atoms with E-state index in [1.807, 2.05) is 7.05 Å². The standard InChI is InChI=1S/C15H21F2N3O.ClH/c1-18-13-3-2-5-20(10-13)6-4-15(21)19-14-8-11(16)7-12(17)9-14;/h7-9,13,18H,2-6,10H2,1H3,(H,19,21);1H. The predicted molar refractivity (Wildman–Crippen MR) is 85.4 cm³/mol. The summed E-state index contributed by atoms with van der Waals surface area (Å²) < 4.78 is 26.1. The normalized spacial score (nSPS) is 18.6. The van der Waals surface area contributed by atoms with Gasteiger partial charge in [-0.25, -0.2) is 8.78 Å². The lowest BCUT2D eigenvalue weighted by atomic mass is 10.1. The molecule has 1 atom stereocenters. The van der Waals surface area contributed by atoms with Gasteiger partial charge < -0.3 is 15.5 Å². The van der Waals surface area contributed by atoms with Crippen molar-refractivity contribution in [2.45, 2.75) is 25.3 Å². The molecule has 1 saturated heterocycles. The maximum absolute atomic E-state index is 13.0. The number of nitrogens with zero attached hydrogens (tertiary/aromatic N) is 1. The molecule has 1 aliphatic heterocycles. The second-order valence-electron chi connectivity index (χ2n) is 5.38. The third-order valence-electron chi connectivity index (χ3n) is 3.72. The number of likely N-dealkylation sites (tertiary alicyclic amines) is 1. The fourth-order valence-corrected chi connectivity index (χ4v) is 2.60. The Kier molecular flexibility index (Phi) is 7.72. The summed E-state index contributed by atoms with van der Waals surface area (Å²) in [5.41, 5.74) is 0.157. The highest BCUT2D eigenvalue weighted by Crippen LogP contribution is 2.14. The molecule has 124 valence electrons. The summed E-state index contributed by atoms with van der Waals surface area (Å²) in [6.07, 6.45) is 2.58. The Balaban J connectivity index is 0.00000242. The predicted octanol–water partition coefficient (Wildman–Crippen LogP) is 2.40. The van der Waals surface area contributed by atoms with Crippen LogP contribution in [0.15, 0.2) is 18.2 Å². The van der Waals surface area contributed by atoms with Crippen LogP contribution in [-0.4, -0.2) is 43.5 Å². The molecule has 4 nitrogen and oxygen atoms in total. The van der Waals surface area contributed by atoms with E-state index in [0.717, 1.165) is 44.1 Å². The highest BCUT2D eigenvalue weighted by molar-refractivity contribution is 5.90. The molecular formula is C15H22ClF2N3O. The van der Waals surface area contributed by atoms with E-state index < -0.39 is 11.6 Å². The van der Waals surface area contributed by atoms with E-state index >= 15 is 0 Å². The zero-order valence-corrected chi connectivity index (χ0v) is 13.4. The van der Waals surface area contributed by atoms with Crippen molar-refractivity contribution in [3.63, 3.8) is 0 Å². The van der Waals surface area contributed by atoms with Gasteiger partial charge in [0.25, 0.3) is 0 Å². The maximum Gasteiger partial charge on any atom is 0.225 e. The molecule has 1 aliphatic rings. The number of piperidine rings is 1. The Morgan fingerprint density at radius 3 is 2.64 bits per heavy atom. The minimum Gasteiger partial charge on any atom is -0.326 e. The van der Waals surface area contributed by atoms with Gasteiger partial charge in [0.1, 0.15) is 11.6 Å². The Bertz CT molecular complexity index is 481. The first-order valence-electron chi connectivity index (χ1n) is 7.22. The van der Waals surface area contributed by atoms with Crippen molar-refractivity contribution in [3.05, 3.63) is 29.8 Å². The number of amides is 1. The second-order valence-corrected chi connectivity index (χ2v) is 5.38. The van der Waals surface area contributed by atoms with Gasteiger partial charge in [0.05, 0.1) is 0 Å². The SMILES string of the molecule is CNC1CCCN(CCC(=O)Nc2cc(F)cc(F)c2)C1.Cl. The summed E-state index contributed by atoms with van der Waals surface area (Å²) in [7, 11) is 1.94. The van der Waals surface area contributed by atoms with Crippen molar-refractivity contribution in [3.8, 4) is 0 Å². The number of hydrogen-bond donors (Lipinski definition) is 2. The summed E-state index contributed by atoms with van der Waals surface area (Å²) >= 11 is 0. The molecular weight excluding hydrogens is 312 g/mol. The average molecular weight is 334 g/mol. The topological polar surface area (TPSA) is 44.4 Å². The second kappa shape index (κ2) is 9.02. The van der Waals surface area contributed by atoms with Gasteiger partial charge in [0, 0.05) is 37.3 Å². The molecule has 1 fully saturated rings. The summed E-state index contributed by atoms with van der Waals surface area (Å²) in [5, 5.41) is 5.78. The molecule has 22 heavy (non-hydrogen) atoms. The van der Waals surface area contributed by atoms with Gasteiger partial charge in [-0.2, -0.15) is 0 Å². The van der Waals surface area contributed by atoms with Crippen LogP contribution >= 0.6 is 12.4 Å². The first kappa shape index (κ1) is 18.8. The first-order valence-corrected chi connectivity index (χ1v) is 7.22. The average Bonchev–Trinajstić information content (AvgIpc) is 2.44. The minimum absolute atomic E-state index is 0. The molecule has 1 aromatic rings. The van der Waals surface area contributed by atoms with Crippen molar-refractivity contribution >= 4 is 24.0 Å². The molecule has 0 aliphatic carbocycles. The van der Waals surface area contributed by atoms with Crippen LogP contribution in [0.1, 0.15) is 19.3 Å². The van der Waals surface area contributed by atoms with E-state index in [9.17, 15) is 13.6 Å². The summed E-state index contributed by atoms with van der Waals surface area (Å²) in [4.78, 5) is 14.1. The fraction of sp³-hybridized carbons (Fsp3) is 0.533. The van der Waals surface area contributed by atoms with Crippen molar-refractivity contribution in [2.75, 3.05) is 32.0 Å². The third kappa shape index (κ3) is 5.87. The molecule has 0 saturated carbocycles. The van der Waals surface area contributed by atoms with Crippen LogP contribution in [0, 0.1) is 11.6 Å². The van der Waals surface area contributed by atoms with Crippen LogP contribution < -0.4 is 10.6 Å². The molecule has 1 aromatic carbocycles. The molecule has 2 N–H and O–H groups in total. The number of carbonyl (C=O) groups excluding carboxylic acids is 1. The van der Waals surface area contributed by atoms with Crippen LogP contribution in [-0.2, 0) is 4.79 Å². The van der Waals surface area contributed by atoms with Gasteiger partial charge in [0.15, 0.2) is 0 Å². The smallest absolute Gasteiger partial charge is 0.225 e. The number of benzene rings is 1. The van der Waals surface area contributed by atoms with Crippen molar-refractivity contribution in [2.24, 2.45) is 0 Å². The van der Waals surface area contributed by atoms with Gasteiger partial charge >= 0.3 is 0 Å². The first-order chi connectivity index (χ1) is 10.1. The van der Waals surface area contributed by atoms with Gasteiger partial charge in [-0.15, -0.1) is 12.4 Å². The van der Waals surface area contributed by atoms with Crippen molar-refractivity contribution in [1.82, 2.24) is 10.2 Å². The number of hydrogen-bond acceptors (Lipinski definition) is 3. The van der Waals surface area contributed by atoms with Crippen molar-refractivity contribution in [1.29, 1.82) is 0 Å². The van der Waals surface area contributed by atoms with Crippen LogP contribution in [0.5, 0.6) is 0 Å². The summed E-state index contributed by atoms with van der Waals surface area (Å²) in [6, 6.07) is 3.47. The number of anilines is 1. The lowest BCUT2D eigenvalue weighted by Crippen LogP contribution is -2.45. The Morgan fingerprint density at radius 1 is 1.32 bits per heavy atom. The van der Waals surface area contributed by atoms with E-state index in [2.05, 4.69) is 15.5 Å². The molecule has 0 radical (unpaired) electrons. The molecule has 0 spiro atoms. The van der Waals surface area contributed by atoms with Gasteiger partial charge in [0.2, 0.25) is 5.91 Å². The molecule has 0 bridgehead atoms. The van der Waals surface area contributed by atoms with E-state index in [1.54, 1.807) is 0 Å².